The van der Waals surface area contributed by atoms with E-state index in [4.69, 9.17) is 4.42 Å². The number of rotatable bonds is 3. The molecule has 2 heterocycles. The standard InChI is InChI=1S/C10H15NOS/c1-11-10(8-4-6-13-7-8)9-3-2-5-12-9/h2-3,5,8,10-11H,4,6-7H2,1H3. The van der Waals surface area contributed by atoms with Gasteiger partial charge in [0.2, 0.25) is 0 Å². The zero-order valence-corrected chi connectivity index (χ0v) is 8.64. The molecule has 2 unspecified atom stereocenters. The van der Waals surface area contributed by atoms with Gasteiger partial charge in [-0.2, -0.15) is 11.8 Å². The first-order valence-electron chi connectivity index (χ1n) is 4.70. The van der Waals surface area contributed by atoms with Gasteiger partial charge in [0.25, 0.3) is 0 Å². The van der Waals surface area contributed by atoms with Crippen LogP contribution in [0.2, 0.25) is 0 Å². The Hall–Kier alpha value is -0.410. The summed E-state index contributed by atoms with van der Waals surface area (Å²) in [4.78, 5) is 0. The largest absolute Gasteiger partial charge is 0.468 e. The molecule has 2 atom stereocenters. The van der Waals surface area contributed by atoms with Crippen molar-refractivity contribution in [3.8, 4) is 0 Å². The minimum atomic E-state index is 0.407. The van der Waals surface area contributed by atoms with Crippen LogP contribution in [0, 0.1) is 5.92 Å². The molecular formula is C10H15NOS. The summed E-state index contributed by atoms with van der Waals surface area (Å²) in [5.41, 5.74) is 0. The van der Waals surface area contributed by atoms with Gasteiger partial charge in [0.15, 0.2) is 0 Å². The highest BCUT2D eigenvalue weighted by atomic mass is 32.2. The van der Waals surface area contributed by atoms with Gasteiger partial charge in [0.1, 0.15) is 5.76 Å². The maximum atomic E-state index is 5.43. The van der Waals surface area contributed by atoms with Crippen LogP contribution in [-0.4, -0.2) is 18.6 Å². The molecule has 0 amide bonds. The van der Waals surface area contributed by atoms with E-state index in [1.54, 1.807) is 6.26 Å². The first kappa shape index (κ1) is 9.16. The zero-order chi connectivity index (χ0) is 9.10. The fourth-order valence-electron chi connectivity index (χ4n) is 1.89. The smallest absolute Gasteiger partial charge is 0.120 e. The molecule has 2 nitrogen and oxygen atoms in total. The molecule has 13 heavy (non-hydrogen) atoms. The van der Waals surface area contributed by atoms with Gasteiger partial charge >= 0.3 is 0 Å². The second kappa shape index (κ2) is 4.20. The maximum Gasteiger partial charge on any atom is 0.120 e. The van der Waals surface area contributed by atoms with Crippen molar-refractivity contribution in [3.63, 3.8) is 0 Å². The highest BCUT2D eigenvalue weighted by Crippen LogP contribution is 2.33. The molecule has 0 aromatic carbocycles. The number of hydrogen-bond donors (Lipinski definition) is 1. The Morgan fingerprint density at radius 2 is 2.62 bits per heavy atom. The topological polar surface area (TPSA) is 25.2 Å². The van der Waals surface area contributed by atoms with Crippen molar-refractivity contribution in [2.75, 3.05) is 18.6 Å². The number of thioether (sulfide) groups is 1. The van der Waals surface area contributed by atoms with Gasteiger partial charge < -0.3 is 9.73 Å². The molecule has 1 fully saturated rings. The van der Waals surface area contributed by atoms with Crippen LogP contribution in [-0.2, 0) is 0 Å². The van der Waals surface area contributed by atoms with E-state index in [9.17, 15) is 0 Å². The van der Waals surface area contributed by atoms with E-state index in [1.165, 1.54) is 17.9 Å². The van der Waals surface area contributed by atoms with E-state index in [-0.39, 0.29) is 0 Å². The molecule has 1 aliphatic heterocycles. The van der Waals surface area contributed by atoms with Crippen molar-refractivity contribution in [1.29, 1.82) is 0 Å². The van der Waals surface area contributed by atoms with Crippen LogP contribution in [0.15, 0.2) is 22.8 Å². The fraction of sp³-hybridized carbons (Fsp3) is 0.600. The average Bonchev–Trinajstić information content (AvgIpc) is 2.76. The molecule has 0 radical (unpaired) electrons. The Bertz CT molecular complexity index is 241. The minimum absolute atomic E-state index is 0.407. The van der Waals surface area contributed by atoms with Gasteiger partial charge in [0.05, 0.1) is 12.3 Å². The van der Waals surface area contributed by atoms with Crippen molar-refractivity contribution < 1.29 is 4.42 Å². The molecule has 1 saturated heterocycles. The molecular weight excluding hydrogens is 182 g/mol. The Morgan fingerprint density at radius 1 is 1.69 bits per heavy atom. The quantitative estimate of drug-likeness (QED) is 0.805. The lowest BCUT2D eigenvalue weighted by atomic mass is 9.97. The van der Waals surface area contributed by atoms with Crippen LogP contribution < -0.4 is 5.32 Å². The average molecular weight is 197 g/mol. The molecule has 3 heteroatoms. The molecule has 72 valence electrons. The van der Waals surface area contributed by atoms with Gasteiger partial charge in [-0.3, -0.25) is 0 Å². The molecule has 1 aromatic rings. The predicted octanol–water partition coefficient (Wildman–Crippen LogP) is 2.29. The van der Waals surface area contributed by atoms with E-state index in [0.29, 0.717) is 6.04 Å². The monoisotopic (exact) mass is 197 g/mol. The van der Waals surface area contributed by atoms with Gasteiger partial charge in [-0.15, -0.1) is 0 Å². The highest BCUT2D eigenvalue weighted by Gasteiger charge is 2.26. The SMILES string of the molecule is CNC(c1ccco1)C1CCSC1. The van der Waals surface area contributed by atoms with E-state index in [1.807, 2.05) is 24.9 Å². The molecule has 2 rings (SSSR count). The molecule has 1 N–H and O–H groups in total. The Morgan fingerprint density at radius 3 is 3.15 bits per heavy atom. The zero-order valence-electron chi connectivity index (χ0n) is 7.82. The lowest BCUT2D eigenvalue weighted by Gasteiger charge is -2.19. The summed E-state index contributed by atoms with van der Waals surface area (Å²) in [5.74, 6) is 4.37. The summed E-state index contributed by atoms with van der Waals surface area (Å²) in [6.45, 7) is 0. The molecule has 1 aliphatic rings. The van der Waals surface area contributed by atoms with Crippen LogP contribution in [0.1, 0.15) is 18.2 Å². The van der Waals surface area contributed by atoms with Gasteiger partial charge in [-0.25, -0.2) is 0 Å². The Balaban J connectivity index is 2.08. The number of furan rings is 1. The van der Waals surface area contributed by atoms with Crippen LogP contribution in [0.3, 0.4) is 0 Å². The van der Waals surface area contributed by atoms with Crippen molar-refractivity contribution in [3.05, 3.63) is 24.2 Å². The second-order valence-corrected chi connectivity index (χ2v) is 4.56. The lowest BCUT2D eigenvalue weighted by Crippen LogP contribution is -2.24. The van der Waals surface area contributed by atoms with Crippen molar-refractivity contribution in [2.45, 2.75) is 12.5 Å². The summed E-state index contributed by atoms with van der Waals surface area (Å²) in [7, 11) is 2.01. The lowest BCUT2D eigenvalue weighted by molar-refractivity contribution is 0.347. The summed E-state index contributed by atoms with van der Waals surface area (Å²) in [5, 5.41) is 3.34. The number of nitrogens with one attached hydrogen (secondary N) is 1. The first-order chi connectivity index (χ1) is 6.42. The summed E-state index contributed by atoms with van der Waals surface area (Å²) in [6.07, 6.45) is 3.05. The van der Waals surface area contributed by atoms with Crippen molar-refractivity contribution in [2.24, 2.45) is 5.92 Å². The normalized spacial score (nSPS) is 24.8. The van der Waals surface area contributed by atoms with Gasteiger partial charge in [-0.05, 0) is 43.0 Å². The molecule has 0 spiro atoms. The summed E-state index contributed by atoms with van der Waals surface area (Å²) in [6, 6.07) is 4.43. The van der Waals surface area contributed by atoms with E-state index >= 15 is 0 Å². The van der Waals surface area contributed by atoms with Crippen molar-refractivity contribution >= 4 is 11.8 Å². The third-order valence-corrected chi connectivity index (χ3v) is 3.79. The third-order valence-electron chi connectivity index (χ3n) is 2.60. The molecule has 0 saturated carbocycles. The van der Waals surface area contributed by atoms with Gasteiger partial charge in [-0.1, -0.05) is 0 Å². The van der Waals surface area contributed by atoms with E-state index < -0.39 is 0 Å². The Labute approximate surface area is 83.1 Å². The van der Waals surface area contributed by atoms with Crippen LogP contribution in [0.4, 0.5) is 0 Å². The summed E-state index contributed by atoms with van der Waals surface area (Å²) < 4.78 is 5.43. The van der Waals surface area contributed by atoms with Gasteiger partial charge in [0, 0.05) is 0 Å². The van der Waals surface area contributed by atoms with Crippen molar-refractivity contribution in [1.82, 2.24) is 5.32 Å². The minimum Gasteiger partial charge on any atom is -0.468 e. The van der Waals surface area contributed by atoms with Crippen LogP contribution in [0.25, 0.3) is 0 Å². The van der Waals surface area contributed by atoms with Crippen LogP contribution >= 0.6 is 11.8 Å². The third kappa shape index (κ3) is 1.92. The predicted molar refractivity (Wildman–Crippen MR) is 55.9 cm³/mol. The molecule has 0 bridgehead atoms. The van der Waals surface area contributed by atoms with E-state index in [2.05, 4.69) is 11.4 Å². The van der Waals surface area contributed by atoms with Crippen LogP contribution in [0.5, 0.6) is 0 Å². The number of hydrogen-bond acceptors (Lipinski definition) is 3. The molecule has 1 aromatic heterocycles. The highest BCUT2D eigenvalue weighted by molar-refractivity contribution is 7.99. The second-order valence-electron chi connectivity index (χ2n) is 3.41. The maximum absolute atomic E-state index is 5.43. The van der Waals surface area contributed by atoms with E-state index in [0.717, 1.165) is 11.7 Å². The summed E-state index contributed by atoms with van der Waals surface area (Å²) >= 11 is 2.04. The fourth-order valence-corrected chi connectivity index (χ4v) is 3.19. The first-order valence-corrected chi connectivity index (χ1v) is 5.85. The molecule has 0 aliphatic carbocycles. The Kier molecular flexibility index (Phi) is 2.96.